The molecule has 5 rings (SSSR count). The van der Waals surface area contributed by atoms with Crippen LogP contribution in [0.1, 0.15) is 30.4 Å². The van der Waals surface area contributed by atoms with Crippen molar-refractivity contribution in [3.8, 4) is 0 Å². The van der Waals surface area contributed by atoms with Gasteiger partial charge < -0.3 is 4.90 Å². The first-order valence-corrected chi connectivity index (χ1v) is 13.2. The van der Waals surface area contributed by atoms with Crippen LogP contribution in [-0.2, 0) is 22.9 Å². The molecule has 0 bridgehead atoms. The molecule has 0 unspecified atom stereocenters. The molecule has 166 valence electrons. The standard InChI is InChI=1S/C24H30ClN3O2S/c25-23-6-1-2-7-24(23)31(29,30)28-16-14-27(15-17-28)22-9-8-19-10-12-26(21-4-3-5-21)13-11-20(19)18-22/h1-2,6-9,18,21H,3-5,10-17H2. The van der Waals surface area contributed by atoms with Gasteiger partial charge in [-0.25, -0.2) is 8.42 Å². The highest BCUT2D eigenvalue weighted by atomic mass is 35.5. The van der Waals surface area contributed by atoms with E-state index in [1.807, 2.05) is 0 Å². The SMILES string of the molecule is O=S(=O)(c1ccccc1Cl)N1CCN(c2ccc3c(c2)CCN(C2CCC2)CC3)CC1. The Morgan fingerprint density at radius 2 is 1.55 bits per heavy atom. The van der Waals surface area contributed by atoms with Crippen LogP contribution in [0, 0.1) is 0 Å². The maximum absolute atomic E-state index is 13.0. The summed E-state index contributed by atoms with van der Waals surface area (Å²) in [6, 6.07) is 14.4. The minimum atomic E-state index is -3.56. The molecule has 0 amide bonds. The molecule has 0 N–H and O–H groups in total. The molecule has 31 heavy (non-hydrogen) atoms. The number of rotatable bonds is 4. The first-order chi connectivity index (χ1) is 15.0. The number of anilines is 1. The van der Waals surface area contributed by atoms with Crippen molar-refractivity contribution in [2.75, 3.05) is 44.2 Å². The van der Waals surface area contributed by atoms with Gasteiger partial charge in [0.25, 0.3) is 0 Å². The highest BCUT2D eigenvalue weighted by Crippen LogP contribution is 2.30. The van der Waals surface area contributed by atoms with Crippen LogP contribution in [0.25, 0.3) is 0 Å². The molecule has 0 spiro atoms. The van der Waals surface area contributed by atoms with E-state index in [-0.39, 0.29) is 9.92 Å². The van der Waals surface area contributed by atoms with Gasteiger partial charge in [0.2, 0.25) is 10.0 Å². The number of hydrogen-bond acceptors (Lipinski definition) is 4. The van der Waals surface area contributed by atoms with E-state index < -0.39 is 10.0 Å². The Kier molecular flexibility index (Phi) is 5.99. The van der Waals surface area contributed by atoms with Gasteiger partial charge in [0.1, 0.15) is 4.90 Å². The van der Waals surface area contributed by atoms with E-state index in [0.29, 0.717) is 26.2 Å². The predicted molar refractivity (Wildman–Crippen MR) is 125 cm³/mol. The molecule has 0 radical (unpaired) electrons. The van der Waals surface area contributed by atoms with Crippen molar-refractivity contribution in [3.63, 3.8) is 0 Å². The number of hydrogen-bond donors (Lipinski definition) is 0. The van der Waals surface area contributed by atoms with E-state index in [2.05, 4.69) is 28.0 Å². The van der Waals surface area contributed by atoms with Gasteiger partial charge >= 0.3 is 0 Å². The highest BCUT2D eigenvalue weighted by molar-refractivity contribution is 7.89. The van der Waals surface area contributed by atoms with E-state index in [1.54, 1.807) is 28.6 Å². The summed E-state index contributed by atoms with van der Waals surface area (Å²) in [7, 11) is -3.56. The van der Waals surface area contributed by atoms with Crippen LogP contribution in [0.4, 0.5) is 5.69 Å². The van der Waals surface area contributed by atoms with Crippen LogP contribution in [0.2, 0.25) is 5.02 Å². The average Bonchev–Trinajstić information content (AvgIpc) is 2.95. The second-order valence-electron chi connectivity index (χ2n) is 8.90. The number of fused-ring (bicyclic) bond motifs is 1. The Labute approximate surface area is 190 Å². The van der Waals surface area contributed by atoms with Gasteiger partial charge in [-0.05, 0) is 61.1 Å². The zero-order chi connectivity index (χ0) is 21.4. The predicted octanol–water partition coefficient (Wildman–Crippen LogP) is 3.80. The van der Waals surface area contributed by atoms with Gasteiger partial charge in [-0.1, -0.05) is 36.2 Å². The van der Waals surface area contributed by atoms with E-state index in [0.717, 1.165) is 25.4 Å². The van der Waals surface area contributed by atoms with Crippen molar-refractivity contribution in [2.24, 2.45) is 0 Å². The Morgan fingerprint density at radius 1 is 0.839 bits per heavy atom. The zero-order valence-electron chi connectivity index (χ0n) is 17.8. The minimum absolute atomic E-state index is 0.200. The smallest absolute Gasteiger partial charge is 0.244 e. The summed E-state index contributed by atoms with van der Waals surface area (Å²) in [6.45, 7) is 4.66. The molecule has 7 heteroatoms. The summed E-state index contributed by atoms with van der Waals surface area (Å²) in [5.74, 6) is 0. The van der Waals surface area contributed by atoms with Crippen molar-refractivity contribution in [2.45, 2.75) is 43.0 Å². The third kappa shape index (κ3) is 4.23. The molecule has 5 nitrogen and oxygen atoms in total. The molecule has 1 saturated carbocycles. The number of halogens is 1. The maximum Gasteiger partial charge on any atom is 0.244 e. The quantitative estimate of drug-likeness (QED) is 0.697. The second-order valence-corrected chi connectivity index (χ2v) is 11.2. The normalized spacial score (nSPS) is 21.4. The van der Waals surface area contributed by atoms with Gasteiger partial charge in [-0.3, -0.25) is 4.90 Å². The molecular formula is C24H30ClN3O2S. The fourth-order valence-electron chi connectivity index (χ4n) is 5.02. The van der Waals surface area contributed by atoms with Crippen LogP contribution in [0.5, 0.6) is 0 Å². The third-order valence-electron chi connectivity index (χ3n) is 7.18. The van der Waals surface area contributed by atoms with E-state index in [1.165, 1.54) is 42.6 Å². The number of piperazine rings is 1. The Bertz CT molecular complexity index is 1050. The molecule has 2 aliphatic heterocycles. The highest BCUT2D eigenvalue weighted by Gasteiger charge is 2.30. The Balaban J connectivity index is 1.25. The summed E-state index contributed by atoms with van der Waals surface area (Å²) in [6.07, 6.45) is 6.36. The molecule has 2 aromatic carbocycles. The number of benzene rings is 2. The first-order valence-electron chi connectivity index (χ1n) is 11.4. The fraction of sp³-hybridized carbons (Fsp3) is 0.500. The molecule has 0 atom stereocenters. The van der Waals surface area contributed by atoms with Crippen molar-refractivity contribution in [1.29, 1.82) is 0 Å². The summed E-state index contributed by atoms with van der Waals surface area (Å²) in [4.78, 5) is 5.20. The van der Waals surface area contributed by atoms with Gasteiger partial charge in [0, 0.05) is 51.0 Å². The van der Waals surface area contributed by atoms with Crippen LogP contribution in [0.15, 0.2) is 47.4 Å². The monoisotopic (exact) mass is 459 g/mol. The maximum atomic E-state index is 13.0. The van der Waals surface area contributed by atoms with E-state index in [4.69, 9.17) is 11.6 Å². The lowest BCUT2D eigenvalue weighted by atomic mass is 9.91. The molecular weight excluding hydrogens is 430 g/mol. The number of nitrogens with zero attached hydrogens (tertiary/aromatic N) is 3. The van der Waals surface area contributed by atoms with Crippen molar-refractivity contribution in [3.05, 3.63) is 58.6 Å². The van der Waals surface area contributed by atoms with Crippen LogP contribution in [0.3, 0.4) is 0 Å². The lowest BCUT2D eigenvalue weighted by Gasteiger charge is -2.36. The van der Waals surface area contributed by atoms with Crippen molar-refractivity contribution >= 4 is 27.3 Å². The Morgan fingerprint density at radius 3 is 2.23 bits per heavy atom. The number of sulfonamides is 1. The van der Waals surface area contributed by atoms with Crippen LogP contribution in [-0.4, -0.2) is 62.9 Å². The lowest BCUT2D eigenvalue weighted by molar-refractivity contribution is 0.133. The zero-order valence-corrected chi connectivity index (χ0v) is 19.4. The topological polar surface area (TPSA) is 43.9 Å². The minimum Gasteiger partial charge on any atom is -0.369 e. The molecule has 2 aromatic rings. The Hall–Kier alpha value is -1.60. The summed E-state index contributed by atoms with van der Waals surface area (Å²) in [5, 5.41) is 0.284. The first kappa shape index (κ1) is 21.3. The van der Waals surface area contributed by atoms with Crippen LogP contribution < -0.4 is 4.90 Å². The fourth-order valence-corrected chi connectivity index (χ4v) is 6.94. The summed E-state index contributed by atoms with van der Waals surface area (Å²) in [5.41, 5.74) is 4.15. The molecule has 1 aliphatic carbocycles. The molecule has 2 heterocycles. The lowest BCUT2D eigenvalue weighted by Crippen LogP contribution is -2.48. The van der Waals surface area contributed by atoms with E-state index in [9.17, 15) is 8.42 Å². The van der Waals surface area contributed by atoms with Crippen molar-refractivity contribution in [1.82, 2.24) is 9.21 Å². The van der Waals surface area contributed by atoms with E-state index >= 15 is 0 Å². The average molecular weight is 460 g/mol. The molecule has 2 fully saturated rings. The van der Waals surface area contributed by atoms with Crippen LogP contribution >= 0.6 is 11.6 Å². The summed E-state index contributed by atoms with van der Waals surface area (Å²) >= 11 is 6.16. The van der Waals surface area contributed by atoms with Gasteiger partial charge in [0.05, 0.1) is 5.02 Å². The molecule has 1 saturated heterocycles. The largest absolute Gasteiger partial charge is 0.369 e. The molecule has 0 aromatic heterocycles. The van der Waals surface area contributed by atoms with Gasteiger partial charge in [-0.15, -0.1) is 0 Å². The summed E-state index contributed by atoms with van der Waals surface area (Å²) < 4.78 is 27.6. The second kappa shape index (κ2) is 8.74. The van der Waals surface area contributed by atoms with Crippen molar-refractivity contribution < 1.29 is 8.42 Å². The van der Waals surface area contributed by atoms with Gasteiger partial charge in [-0.2, -0.15) is 4.31 Å². The van der Waals surface area contributed by atoms with Gasteiger partial charge in [0.15, 0.2) is 0 Å². The molecule has 3 aliphatic rings. The third-order valence-corrected chi connectivity index (χ3v) is 9.57.